The van der Waals surface area contributed by atoms with E-state index >= 15 is 4.39 Å². The summed E-state index contributed by atoms with van der Waals surface area (Å²) in [7, 11) is 0. The van der Waals surface area contributed by atoms with Gasteiger partial charge in [0.2, 0.25) is 0 Å². The quantitative estimate of drug-likeness (QED) is 0.369. The number of amides is 1. The van der Waals surface area contributed by atoms with Crippen molar-refractivity contribution in [3.8, 4) is 22.8 Å². The van der Waals surface area contributed by atoms with Gasteiger partial charge in [-0.2, -0.15) is 0 Å². The zero-order valence-corrected chi connectivity index (χ0v) is 20.4. The number of benzene rings is 1. The summed E-state index contributed by atoms with van der Waals surface area (Å²) >= 11 is 0. The Bertz CT molecular complexity index is 1550. The number of pyridine rings is 2. The summed E-state index contributed by atoms with van der Waals surface area (Å²) in [4.78, 5) is 19.1. The topological polar surface area (TPSA) is 91.1 Å². The summed E-state index contributed by atoms with van der Waals surface area (Å²) in [5, 5.41) is 8.18. The van der Waals surface area contributed by atoms with Gasteiger partial charge in [-0.3, -0.25) is 14.3 Å². The first-order chi connectivity index (χ1) is 17.7. The molecule has 190 valence electrons. The number of hydrogen-bond acceptors (Lipinski definition) is 7. The molecule has 2 bridgehead atoms. The standard InChI is InChI=1S/C26H23F2N5O4/c1-26(2,3)37-25(34)32-11-17-15-9-14(36-20(15)7-6-18(17)27)12-35-21-10-16(22-19(28)5-4-8-29-22)23-31-30-13-33(23)24(21)32/h4-8,10,13-14H,9,11-12H2,1-3H3. The molecule has 0 saturated heterocycles. The van der Waals surface area contributed by atoms with Crippen molar-refractivity contribution >= 4 is 17.6 Å². The molecule has 9 nitrogen and oxygen atoms in total. The number of fused-ring (bicyclic) bond motifs is 4. The predicted molar refractivity (Wildman–Crippen MR) is 129 cm³/mol. The average Bonchev–Trinajstić information content (AvgIpc) is 3.48. The van der Waals surface area contributed by atoms with Gasteiger partial charge in [0.25, 0.3) is 0 Å². The fourth-order valence-electron chi connectivity index (χ4n) is 4.65. The lowest BCUT2D eigenvalue weighted by Crippen LogP contribution is -2.38. The van der Waals surface area contributed by atoms with Crippen LogP contribution in [0.2, 0.25) is 0 Å². The van der Waals surface area contributed by atoms with E-state index in [0.29, 0.717) is 28.9 Å². The van der Waals surface area contributed by atoms with Gasteiger partial charge in [0.15, 0.2) is 17.2 Å². The second kappa shape index (κ2) is 8.39. The van der Waals surface area contributed by atoms with Crippen molar-refractivity contribution in [1.82, 2.24) is 19.6 Å². The summed E-state index contributed by atoms with van der Waals surface area (Å²) < 4.78 is 49.4. The molecule has 5 heterocycles. The molecule has 0 aliphatic carbocycles. The summed E-state index contributed by atoms with van der Waals surface area (Å²) in [6.45, 7) is 5.15. The second-order valence-corrected chi connectivity index (χ2v) is 9.93. The van der Waals surface area contributed by atoms with Crippen molar-refractivity contribution in [2.45, 2.75) is 45.4 Å². The molecule has 3 aromatic heterocycles. The first kappa shape index (κ1) is 23.1. The van der Waals surface area contributed by atoms with E-state index in [4.69, 9.17) is 14.2 Å². The Kier molecular flexibility index (Phi) is 5.25. The first-order valence-electron chi connectivity index (χ1n) is 11.8. The molecule has 1 aromatic carbocycles. The number of ether oxygens (including phenoxy) is 3. The van der Waals surface area contributed by atoms with E-state index in [0.717, 1.165) is 0 Å². The van der Waals surface area contributed by atoms with Crippen LogP contribution in [0.3, 0.4) is 0 Å². The number of rotatable bonds is 1. The average molecular weight is 507 g/mol. The van der Waals surface area contributed by atoms with Gasteiger partial charge in [-0.1, -0.05) is 0 Å². The first-order valence-corrected chi connectivity index (χ1v) is 11.8. The third kappa shape index (κ3) is 4.00. The van der Waals surface area contributed by atoms with Gasteiger partial charge in [-0.25, -0.2) is 13.6 Å². The Labute approximate surface area is 210 Å². The fourth-order valence-corrected chi connectivity index (χ4v) is 4.65. The molecule has 1 amide bonds. The van der Waals surface area contributed by atoms with Crippen LogP contribution in [-0.2, 0) is 17.7 Å². The highest BCUT2D eigenvalue weighted by Gasteiger charge is 2.36. The zero-order chi connectivity index (χ0) is 25.9. The maximum atomic E-state index is 15.2. The van der Waals surface area contributed by atoms with E-state index in [1.165, 1.54) is 40.0 Å². The van der Waals surface area contributed by atoms with Gasteiger partial charge in [0, 0.05) is 23.7 Å². The number of anilines is 1. The zero-order valence-electron chi connectivity index (χ0n) is 20.4. The van der Waals surface area contributed by atoms with Crippen LogP contribution >= 0.6 is 0 Å². The van der Waals surface area contributed by atoms with Crippen molar-refractivity contribution in [3.05, 3.63) is 65.6 Å². The molecule has 2 aliphatic rings. The molecule has 0 saturated carbocycles. The third-order valence-electron chi connectivity index (χ3n) is 6.19. The molecule has 1 unspecified atom stereocenters. The van der Waals surface area contributed by atoms with Crippen molar-refractivity contribution in [1.29, 1.82) is 0 Å². The Morgan fingerprint density at radius 3 is 2.76 bits per heavy atom. The van der Waals surface area contributed by atoms with E-state index in [1.807, 2.05) is 0 Å². The predicted octanol–water partition coefficient (Wildman–Crippen LogP) is 4.71. The number of carbonyl (C=O) groups excluding carboxylic acids is 1. The molecule has 4 aromatic rings. The van der Waals surface area contributed by atoms with Gasteiger partial charge >= 0.3 is 6.09 Å². The summed E-state index contributed by atoms with van der Waals surface area (Å²) in [5.41, 5.74) is 0.766. The van der Waals surface area contributed by atoms with Crippen LogP contribution in [0.25, 0.3) is 16.9 Å². The highest BCUT2D eigenvalue weighted by Crippen LogP contribution is 2.41. The number of hydrogen-bond donors (Lipinski definition) is 0. The third-order valence-corrected chi connectivity index (χ3v) is 6.19. The number of aromatic nitrogens is 4. The normalized spacial score (nSPS) is 16.7. The van der Waals surface area contributed by atoms with E-state index < -0.39 is 23.3 Å². The fraction of sp³-hybridized carbons (Fsp3) is 0.308. The molecule has 1 atom stereocenters. The highest BCUT2D eigenvalue weighted by molar-refractivity contribution is 5.91. The number of carbonyl (C=O) groups is 1. The maximum absolute atomic E-state index is 15.2. The van der Waals surface area contributed by atoms with Gasteiger partial charge in [0.05, 0.1) is 12.1 Å². The monoisotopic (exact) mass is 507 g/mol. The number of halogens is 2. The Morgan fingerprint density at radius 1 is 1.14 bits per heavy atom. The lowest BCUT2D eigenvalue weighted by atomic mass is 10.0. The van der Waals surface area contributed by atoms with Crippen molar-refractivity contribution < 1.29 is 27.8 Å². The van der Waals surface area contributed by atoms with E-state index in [-0.39, 0.29) is 42.2 Å². The van der Waals surface area contributed by atoms with E-state index in [2.05, 4.69) is 15.2 Å². The van der Waals surface area contributed by atoms with E-state index in [9.17, 15) is 9.18 Å². The van der Waals surface area contributed by atoms with Gasteiger partial charge < -0.3 is 14.2 Å². The van der Waals surface area contributed by atoms with E-state index in [1.54, 1.807) is 32.9 Å². The second-order valence-electron chi connectivity index (χ2n) is 9.93. The minimum atomic E-state index is -0.831. The molecule has 11 heteroatoms. The summed E-state index contributed by atoms with van der Waals surface area (Å²) in [5.74, 6) is -0.0473. The summed E-state index contributed by atoms with van der Waals surface area (Å²) in [6, 6.07) is 7.24. The lowest BCUT2D eigenvalue weighted by molar-refractivity contribution is 0.0573. The molecule has 0 fully saturated rings. The molecule has 2 aliphatic heterocycles. The molecular formula is C26H23F2N5O4. The Balaban J connectivity index is 1.60. The van der Waals surface area contributed by atoms with Crippen LogP contribution < -0.4 is 14.4 Å². The van der Waals surface area contributed by atoms with Crippen LogP contribution in [0.1, 0.15) is 31.9 Å². The highest BCUT2D eigenvalue weighted by atomic mass is 19.1. The molecule has 0 N–H and O–H groups in total. The van der Waals surface area contributed by atoms with Gasteiger partial charge in [-0.05, 0) is 51.1 Å². The molecular weight excluding hydrogens is 484 g/mol. The van der Waals surface area contributed by atoms with Crippen molar-refractivity contribution in [2.75, 3.05) is 11.5 Å². The Hall–Kier alpha value is -4.28. The van der Waals surface area contributed by atoms with Crippen LogP contribution in [0, 0.1) is 11.6 Å². The van der Waals surface area contributed by atoms with Crippen LogP contribution in [-0.4, -0.2) is 44.0 Å². The van der Waals surface area contributed by atoms with Crippen LogP contribution in [0.5, 0.6) is 11.5 Å². The maximum Gasteiger partial charge on any atom is 0.416 e. The lowest BCUT2D eigenvalue weighted by Gasteiger charge is -2.30. The van der Waals surface area contributed by atoms with Gasteiger partial charge in [0.1, 0.15) is 47.7 Å². The minimum absolute atomic E-state index is 0.0462. The SMILES string of the molecule is CC(C)(C)OC(=O)N1Cc2c(F)ccc3c2CC(COc2cc(-c4ncccc4F)c4nncn4c21)O3. The van der Waals surface area contributed by atoms with Crippen LogP contribution in [0.15, 0.2) is 42.9 Å². The number of nitrogens with zero attached hydrogens (tertiary/aromatic N) is 5. The molecule has 0 spiro atoms. The smallest absolute Gasteiger partial charge is 0.416 e. The van der Waals surface area contributed by atoms with Crippen molar-refractivity contribution in [3.63, 3.8) is 0 Å². The molecule has 6 rings (SSSR count). The minimum Gasteiger partial charge on any atom is -0.486 e. The largest absolute Gasteiger partial charge is 0.486 e. The molecule has 37 heavy (non-hydrogen) atoms. The van der Waals surface area contributed by atoms with Crippen LogP contribution in [0.4, 0.5) is 19.4 Å². The van der Waals surface area contributed by atoms with Crippen molar-refractivity contribution in [2.24, 2.45) is 0 Å². The molecule has 0 radical (unpaired) electrons. The Morgan fingerprint density at radius 2 is 1.97 bits per heavy atom. The van der Waals surface area contributed by atoms with Gasteiger partial charge in [-0.15, -0.1) is 10.2 Å². The summed E-state index contributed by atoms with van der Waals surface area (Å²) in [6.07, 6.45) is 2.16.